The van der Waals surface area contributed by atoms with Crippen molar-refractivity contribution in [3.8, 4) is 16.9 Å². The predicted molar refractivity (Wildman–Crippen MR) is 122 cm³/mol. The van der Waals surface area contributed by atoms with Crippen molar-refractivity contribution in [3.63, 3.8) is 0 Å². The summed E-state index contributed by atoms with van der Waals surface area (Å²) in [5.74, 6) is 1.58. The molecule has 0 unspecified atom stereocenters. The van der Waals surface area contributed by atoms with E-state index in [0.29, 0.717) is 0 Å². The van der Waals surface area contributed by atoms with E-state index in [0.717, 1.165) is 54.4 Å². The average Bonchev–Trinajstić information content (AvgIpc) is 2.81. The minimum atomic E-state index is 0.0106. The molecule has 2 aliphatic rings. The zero-order valence-electron chi connectivity index (χ0n) is 18.0. The van der Waals surface area contributed by atoms with Crippen LogP contribution in [0.5, 0.6) is 5.75 Å². The fraction of sp³-hybridized carbons (Fsp3) is 0.480. The van der Waals surface area contributed by atoms with Gasteiger partial charge in [-0.1, -0.05) is 36.8 Å². The summed E-state index contributed by atoms with van der Waals surface area (Å²) in [5, 5.41) is 3.06. The van der Waals surface area contributed by atoms with Crippen LogP contribution < -0.4 is 10.1 Å². The molecule has 0 radical (unpaired) electrons. The topological polar surface area (TPSA) is 44.8 Å². The molecule has 0 aliphatic carbocycles. The Morgan fingerprint density at radius 3 is 2.37 bits per heavy atom. The Balaban J connectivity index is 1.28. The molecule has 5 nitrogen and oxygen atoms in total. The van der Waals surface area contributed by atoms with Crippen LogP contribution in [-0.2, 0) is 0 Å². The molecule has 2 saturated heterocycles. The monoisotopic (exact) mass is 407 g/mol. The number of carbonyl (C=O) groups excluding carboxylic acids is 1. The molecular weight excluding hydrogens is 374 g/mol. The zero-order valence-corrected chi connectivity index (χ0v) is 18.0. The lowest BCUT2D eigenvalue weighted by molar-refractivity contribution is 0.142. The van der Waals surface area contributed by atoms with Crippen molar-refractivity contribution in [2.75, 3.05) is 45.2 Å². The number of piperidine rings is 2. The lowest BCUT2D eigenvalue weighted by atomic mass is 9.95. The smallest absolute Gasteiger partial charge is 0.321 e. The highest BCUT2D eigenvalue weighted by atomic mass is 16.5. The van der Waals surface area contributed by atoms with Gasteiger partial charge in [-0.15, -0.1) is 0 Å². The van der Waals surface area contributed by atoms with Gasteiger partial charge in [0.1, 0.15) is 5.75 Å². The van der Waals surface area contributed by atoms with Crippen LogP contribution >= 0.6 is 0 Å². The van der Waals surface area contributed by atoms with Crippen LogP contribution in [0.15, 0.2) is 48.5 Å². The van der Waals surface area contributed by atoms with Gasteiger partial charge in [-0.25, -0.2) is 4.79 Å². The molecule has 4 rings (SSSR count). The van der Waals surface area contributed by atoms with Gasteiger partial charge >= 0.3 is 6.03 Å². The molecule has 2 heterocycles. The molecule has 2 aliphatic heterocycles. The van der Waals surface area contributed by atoms with Gasteiger partial charge in [-0.3, -0.25) is 0 Å². The van der Waals surface area contributed by atoms with Gasteiger partial charge in [0, 0.05) is 30.9 Å². The second-order valence-corrected chi connectivity index (χ2v) is 8.50. The van der Waals surface area contributed by atoms with Crippen molar-refractivity contribution >= 4 is 11.7 Å². The van der Waals surface area contributed by atoms with Crippen molar-refractivity contribution < 1.29 is 9.53 Å². The number of anilines is 1. The van der Waals surface area contributed by atoms with Crippen molar-refractivity contribution in [2.45, 2.75) is 32.1 Å². The van der Waals surface area contributed by atoms with E-state index in [1.54, 1.807) is 7.11 Å². The Labute approximate surface area is 180 Å². The molecule has 160 valence electrons. The van der Waals surface area contributed by atoms with Crippen LogP contribution in [0.3, 0.4) is 0 Å². The van der Waals surface area contributed by atoms with Crippen LogP contribution in [0.2, 0.25) is 0 Å². The molecule has 0 saturated carbocycles. The van der Waals surface area contributed by atoms with E-state index < -0.39 is 0 Å². The number of hydrogen-bond donors (Lipinski definition) is 1. The second kappa shape index (κ2) is 9.98. The van der Waals surface area contributed by atoms with Gasteiger partial charge < -0.3 is 19.9 Å². The average molecular weight is 408 g/mol. The van der Waals surface area contributed by atoms with Crippen molar-refractivity contribution in [1.29, 1.82) is 0 Å². The van der Waals surface area contributed by atoms with E-state index in [4.69, 9.17) is 4.74 Å². The first-order valence-corrected chi connectivity index (χ1v) is 11.2. The molecule has 30 heavy (non-hydrogen) atoms. The Hall–Kier alpha value is -2.53. The SMILES string of the molecule is COc1ccccc1-c1ccc(NC(=O)N2CCC(CN3CCCCC3)CC2)cc1. The van der Waals surface area contributed by atoms with Crippen molar-refractivity contribution in [1.82, 2.24) is 9.80 Å². The number of urea groups is 1. The molecule has 2 fully saturated rings. The van der Waals surface area contributed by atoms with Crippen LogP contribution in [0.1, 0.15) is 32.1 Å². The molecule has 0 bridgehead atoms. The molecule has 2 aromatic rings. The number of ether oxygens (including phenoxy) is 1. The van der Waals surface area contributed by atoms with E-state index in [2.05, 4.69) is 10.2 Å². The number of para-hydroxylation sites is 1. The van der Waals surface area contributed by atoms with E-state index in [1.165, 1.54) is 38.9 Å². The number of carbonyl (C=O) groups is 1. The molecule has 2 amide bonds. The third kappa shape index (κ3) is 5.14. The van der Waals surface area contributed by atoms with Gasteiger partial charge in [-0.05, 0) is 68.5 Å². The highest BCUT2D eigenvalue weighted by molar-refractivity contribution is 5.89. The predicted octanol–water partition coefficient (Wildman–Crippen LogP) is 5.09. The van der Waals surface area contributed by atoms with E-state index in [1.807, 2.05) is 53.4 Å². The van der Waals surface area contributed by atoms with Crippen LogP contribution in [0.25, 0.3) is 11.1 Å². The van der Waals surface area contributed by atoms with Crippen LogP contribution in [0, 0.1) is 5.92 Å². The molecular formula is C25H33N3O2. The molecule has 0 spiro atoms. The number of nitrogens with one attached hydrogen (secondary N) is 1. The summed E-state index contributed by atoms with van der Waals surface area (Å²) in [7, 11) is 1.68. The van der Waals surface area contributed by atoms with Crippen molar-refractivity contribution in [2.24, 2.45) is 5.92 Å². The number of rotatable bonds is 5. The highest BCUT2D eigenvalue weighted by Gasteiger charge is 2.25. The highest BCUT2D eigenvalue weighted by Crippen LogP contribution is 2.30. The van der Waals surface area contributed by atoms with Gasteiger partial charge in [0.2, 0.25) is 0 Å². The maximum Gasteiger partial charge on any atom is 0.321 e. The summed E-state index contributed by atoms with van der Waals surface area (Å²) >= 11 is 0. The number of methoxy groups -OCH3 is 1. The summed E-state index contributed by atoms with van der Waals surface area (Å²) in [5.41, 5.74) is 2.95. The fourth-order valence-electron chi connectivity index (χ4n) is 4.64. The first-order chi connectivity index (χ1) is 14.7. The zero-order chi connectivity index (χ0) is 20.8. The number of hydrogen-bond acceptors (Lipinski definition) is 3. The summed E-state index contributed by atoms with van der Waals surface area (Å²) in [6.45, 7) is 5.42. The van der Waals surface area contributed by atoms with Gasteiger partial charge in [0.05, 0.1) is 7.11 Å². The van der Waals surface area contributed by atoms with Gasteiger partial charge in [-0.2, -0.15) is 0 Å². The van der Waals surface area contributed by atoms with E-state index >= 15 is 0 Å². The number of likely N-dealkylation sites (tertiary alicyclic amines) is 2. The summed E-state index contributed by atoms with van der Waals surface area (Å²) in [4.78, 5) is 17.3. The summed E-state index contributed by atoms with van der Waals surface area (Å²) < 4.78 is 5.45. The molecule has 1 N–H and O–H groups in total. The third-order valence-corrected chi connectivity index (χ3v) is 6.42. The maximum absolute atomic E-state index is 12.7. The Kier molecular flexibility index (Phi) is 6.90. The molecule has 0 atom stereocenters. The lowest BCUT2D eigenvalue weighted by Gasteiger charge is -2.36. The Morgan fingerprint density at radius 1 is 0.967 bits per heavy atom. The lowest BCUT2D eigenvalue weighted by Crippen LogP contribution is -2.44. The second-order valence-electron chi connectivity index (χ2n) is 8.50. The maximum atomic E-state index is 12.7. The van der Waals surface area contributed by atoms with Crippen LogP contribution in [-0.4, -0.2) is 55.7 Å². The Bertz CT molecular complexity index is 823. The number of nitrogens with zero attached hydrogens (tertiary/aromatic N) is 2. The summed E-state index contributed by atoms with van der Waals surface area (Å²) in [6, 6.07) is 16.0. The first kappa shape index (κ1) is 20.7. The molecule has 5 heteroatoms. The van der Waals surface area contributed by atoms with Crippen molar-refractivity contribution in [3.05, 3.63) is 48.5 Å². The molecule has 0 aromatic heterocycles. The van der Waals surface area contributed by atoms with E-state index in [9.17, 15) is 4.79 Å². The first-order valence-electron chi connectivity index (χ1n) is 11.2. The van der Waals surface area contributed by atoms with Gasteiger partial charge in [0.25, 0.3) is 0 Å². The normalized spacial score (nSPS) is 18.2. The number of benzene rings is 2. The van der Waals surface area contributed by atoms with E-state index in [-0.39, 0.29) is 6.03 Å². The minimum Gasteiger partial charge on any atom is -0.496 e. The van der Waals surface area contributed by atoms with Crippen LogP contribution in [0.4, 0.5) is 10.5 Å². The fourth-order valence-corrected chi connectivity index (χ4v) is 4.64. The summed E-state index contributed by atoms with van der Waals surface area (Å²) in [6.07, 6.45) is 6.29. The third-order valence-electron chi connectivity index (χ3n) is 6.42. The quantitative estimate of drug-likeness (QED) is 0.751. The largest absolute Gasteiger partial charge is 0.496 e. The standard InChI is InChI=1S/C25H33N3O2/c1-30-24-8-4-3-7-23(24)21-9-11-22(12-10-21)26-25(29)28-17-13-20(14-18-28)19-27-15-5-2-6-16-27/h3-4,7-12,20H,2,5-6,13-19H2,1H3,(H,26,29). The number of amides is 2. The van der Waals surface area contributed by atoms with Gasteiger partial charge in [0.15, 0.2) is 0 Å². The Morgan fingerprint density at radius 2 is 1.67 bits per heavy atom. The minimum absolute atomic E-state index is 0.0106. The molecule has 2 aromatic carbocycles.